The number of nitrogens with one attached hydrogen (secondary N) is 1. The van der Waals surface area contributed by atoms with Crippen LogP contribution in [0, 0.1) is 0 Å². The van der Waals surface area contributed by atoms with E-state index < -0.39 is 11.5 Å². The minimum absolute atomic E-state index is 0.121. The molecule has 0 spiro atoms. The fourth-order valence-corrected chi connectivity index (χ4v) is 2.69. The van der Waals surface area contributed by atoms with Gasteiger partial charge in [-0.05, 0) is 18.4 Å². The lowest BCUT2D eigenvalue weighted by Gasteiger charge is -2.33. The van der Waals surface area contributed by atoms with Gasteiger partial charge in [0.1, 0.15) is 12.1 Å². The molecule has 0 atom stereocenters. The maximum absolute atomic E-state index is 11.9. The number of ether oxygens (including phenoxy) is 1. The monoisotopic (exact) mass is 291 g/mol. The first-order valence-corrected chi connectivity index (χ1v) is 7.28. The Morgan fingerprint density at radius 1 is 1.14 bits per heavy atom. The lowest BCUT2D eigenvalue weighted by atomic mass is 9.81. The van der Waals surface area contributed by atoms with E-state index in [2.05, 4.69) is 5.32 Å². The van der Waals surface area contributed by atoms with Crippen LogP contribution in [0.25, 0.3) is 0 Å². The molecular weight excluding hydrogens is 270 g/mol. The summed E-state index contributed by atoms with van der Waals surface area (Å²) in [5, 5.41) is 12.0. The number of carbonyl (C=O) groups excluding carboxylic acids is 1. The normalized spacial score (nSPS) is 17.1. The smallest absolute Gasteiger partial charge is 0.329 e. The van der Waals surface area contributed by atoms with Crippen LogP contribution in [0.1, 0.15) is 37.7 Å². The molecule has 5 heteroatoms. The van der Waals surface area contributed by atoms with Gasteiger partial charge >= 0.3 is 5.97 Å². The van der Waals surface area contributed by atoms with Crippen molar-refractivity contribution < 1.29 is 19.4 Å². The highest BCUT2D eigenvalue weighted by Gasteiger charge is 2.40. The molecule has 0 heterocycles. The average Bonchev–Trinajstić information content (AvgIpc) is 2.49. The molecule has 1 aliphatic rings. The molecule has 0 aromatic heterocycles. The molecule has 5 nitrogen and oxygen atoms in total. The molecule has 114 valence electrons. The molecule has 0 saturated heterocycles. The molecule has 1 saturated carbocycles. The van der Waals surface area contributed by atoms with E-state index in [0.29, 0.717) is 19.4 Å². The van der Waals surface area contributed by atoms with E-state index in [9.17, 15) is 14.7 Å². The largest absolute Gasteiger partial charge is 0.480 e. The van der Waals surface area contributed by atoms with Gasteiger partial charge in [-0.1, -0.05) is 49.6 Å². The van der Waals surface area contributed by atoms with Crippen molar-refractivity contribution in [3.05, 3.63) is 35.9 Å². The second-order valence-corrected chi connectivity index (χ2v) is 5.47. The van der Waals surface area contributed by atoms with Crippen LogP contribution in [0.2, 0.25) is 0 Å². The third-order valence-corrected chi connectivity index (χ3v) is 3.84. The van der Waals surface area contributed by atoms with Gasteiger partial charge in [-0.15, -0.1) is 0 Å². The Kier molecular flexibility index (Phi) is 5.33. The highest BCUT2D eigenvalue weighted by molar-refractivity contribution is 5.87. The van der Waals surface area contributed by atoms with E-state index in [0.717, 1.165) is 24.8 Å². The predicted octanol–water partition coefficient (Wildman–Crippen LogP) is 2.11. The number of rotatable bonds is 6. The first-order chi connectivity index (χ1) is 10.1. The Labute approximate surface area is 124 Å². The Morgan fingerprint density at radius 2 is 1.81 bits per heavy atom. The van der Waals surface area contributed by atoms with E-state index in [4.69, 9.17) is 4.74 Å². The van der Waals surface area contributed by atoms with E-state index in [1.54, 1.807) is 0 Å². The summed E-state index contributed by atoms with van der Waals surface area (Å²) in [6.45, 7) is 0.220. The SMILES string of the molecule is O=C(COCc1ccccc1)NC1(C(=O)O)CCCCC1. The third-order valence-electron chi connectivity index (χ3n) is 3.84. The van der Waals surface area contributed by atoms with Gasteiger partial charge < -0.3 is 15.2 Å². The second kappa shape index (κ2) is 7.22. The van der Waals surface area contributed by atoms with Gasteiger partial charge in [0.05, 0.1) is 6.61 Å². The average molecular weight is 291 g/mol. The molecule has 1 aromatic carbocycles. The number of aliphatic carboxylic acids is 1. The van der Waals surface area contributed by atoms with Crippen molar-refractivity contribution in [3.63, 3.8) is 0 Å². The van der Waals surface area contributed by atoms with Crippen molar-refractivity contribution in [3.8, 4) is 0 Å². The standard InChI is InChI=1S/C16H21NO4/c18-14(12-21-11-13-7-3-1-4-8-13)17-16(15(19)20)9-5-2-6-10-16/h1,3-4,7-8H,2,5-6,9-12H2,(H,17,18)(H,19,20). The number of carboxylic acid groups (broad SMARTS) is 1. The van der Waals surface area contributed by atoms with Crippen LogP contribution in [0.4, 0.5) is 0 Å². The van der Waals surface area contributed by atoms with Crippen LogP contribution in [-0.2, 0) is 20.9 Å². The van der Waals surface area contributed by atoms with Crippen molar-refractivity contribution in [2.24, 2.45) is 0 Å². The highest BCUT2D eigenvalue weighted by Crippen LogP contribution is 2.28. The Morgan fingerprint density at radius 3 is 2.43 bits per heavy atom. The van der Waals surface area contributed by atoms with Crippen molar-refractivity contribution >= 4 is 11.9 Å². The molecule has 1 fully saturated rings. The van der Waals surface area contributed by atoms with Gasteiger partial charge in [0, 0.05) is 0 Å². The molecule has 1 aliphatic carbocycles. The zero-order valence-electron chi connectivity index (χ0n) is 12.0. The number of carboxylic acids is 1. The molecule has 2 rings (SSSR count). The minimum Gasteiger partial charge on any atom is -0.480 e. The Bertz CT molecular complexity index is 480. The summed E-state index contributed by atoms with van der Waals surface area (Å²) < 4.78 is 5.34. The molecule has 1 amide bonds. The molecule has 0 unspecified atom stereocenters. The summed E-state index contributed by atoms with van der Waals surface area (Å²) in [6, 6.07) is 9.55. The molecule has 0 aliphatic heterocycles. The van der Waals surface area contributed by atoms with Gasteiger partial charge in [0.2, 0.25) is 5.91 Å². The first-order valence-electron chi connectivity index (χ1n) is 7.28. The number of benzene rings is 1. The maximum atomic E-state index is 11.9. The zero-order chi connectivity index (χ0) is 15.1. The topological polar surface area (TPSA) is 75.6 Å². The molecule has 0 radical (unpaired) electrons. The van der Waals surface area contributed by atoms with Crippen LogP contribution >= 0.6 is 0 Å². The van der Waals surface area contributed by atoms with E-state index in [-0.39, 0.29) is 12.5 Å². The fourth-order valence-electron chi connectivity index (χ4n) is 2.69. The summed E-state index contributed by atoms with van der Waals surface area (Å²) in [5.41, 5.74) is -0.123. The third kappa shape index (κ3) is 4.29. The minimum atomic E-state index is -1.11. The number of carbonyl (C=O) groups is 2. The van der Waals surface area contributed by atoms with Crippen molar-refractivity contribution in [2.75, 3.05) is 6.61 Å². The lowest BCUT2D eigenvalue weighted by molar-refractivity contribution is -0.150. The van der Waals surface area contributed by atoms with Crippen molar-refractivity contribution in [1.29, 1.82) is 0 Å². The number of hydrogen-bond acceptors (Lipinski definition) is 3. The van der Waals surface area contributed by atoms with Crippen LogP contribution in [0.15, 0.2) is 30.3 Å². The summed E-state index contributed by atoms with van der Waals surface area (Å²) in [6.07, 6.45) is 3.67. The lowest BCUT2D eigenvalue weighted by Crippen LogP contribution is -2.56. The van der Waals surface area contributed by atoms with Crippen LogP contribution < -0.4 is 5.32 Å². The van der Waals surface area contributed by atoms with Crippen LogP contribution in [0.3, 0.4) is 0 Å². The highest BCUT2D eigenvalue weighted by atomic mass is 16.5. The van der Waals surface area contributed by atoms with Gasteiger partial charge in [0.25, 0.3) is 0 Å². The second-order valence-electron chi connectivity index (χ2n) is 5.47. The van der Waals surface area contributed by atoms with Crippen LogP contribution in [-0.4, -0.2) is 29.1 Å². The van der Waals surface area contributed by atoms with E-state index in [1.165, 1.54) is 0 Å². The molecular formula is C16H21NO4. The first kappa shape index (κ1) is 15.5. The predicted molar refractivity (Wildman–Crippen MR) is 77.7 cm³/mol. The van der Waals surface area contributed by atoms with Gasteiger partial charge in [-0.25, -0.2) is 4.79 Å². The molecule has 0 bridgehead atoms. The summed E-state index contributed by atoms with van der Waals surface area (Å²) in [7, 11) is 0. The van der Waals surface area contributed by atoms with E-state index in [1.807, 2.05) is 30.3 Å². The quantitative estimate of drug-likeness (QED) is 0.841. The maximum Gasteiger partial charge on any atom is 0.329 e. The van der Waals surface area contributed by atoms with E-state index >= 15 is 0 Å². The van der Waals surface area contributed by atoms with Crippen LogP contribution in [0.5, 0.6) is 0 Å². The van der Waals surface area contributed by atoms with Crippen molar-refractivity contribution in [2.45, 2.75) is 44.2 Å². The van der Waals surface area contributed by atoms with Gasteiger partial charge in [-0.3, -0.25) is 4.79 Å². The number of amides is 1. The number of hydrogen-bond donors (Lipinski definition) is 2. The van der Waals surface area contributed by atoms with Gasteiger partial charge in [-0.2, -0.15) is 0 Å². The van der Waals surface area contributed by atoms with Gasteiger partial charge in [0.15, 0.2) is 0 Å². The summed E-state index contributed by atoms with van der Waals surface area (Å²) in [5.74, 6) is -1.31. The fraction of sp³-hybridized carbons (Fsp3) is 0.500. The Balaban J connectivity index is 1.81. The molecule has 1 aromatic rings. The molecule has 21 heavy (non-hydrogen) atoms. The Hall–Kier alpha value is -1.88. The van der Waals surface area contributed by atoms with Crippen molar-refractivity contribution in [1.82, 2.24) is 5.32 Å². The molecule has 2 N–H and O–H groups in total. The summed E-state index contributed by atoms with van der Waals surface area (Å²) >= 11 is 0. The summed E-state index contributed by atoms with van der Waals surface area (Å²) in [4.78, 5) is 23.4. The zero-order valence-corrected chi connectivity index (χ0v) is 12.0.